The number of hydrogen-bond donors (Lipinski definition) is 1. The molecule has 1 N–H and O–H groups in total. The summed E-state index contributed by atoms with van der Waals surface area (Å²) in [6.07, 6.45) is 4.42. The maximum atomic E-state index is 13.0. The Kier molecular flexibility index (Phi) is 4.96. The number of ketones is 1. The average Bonchev–Trinajstić information content (AvgIpc) is 3.02. The van der Waals surface area contributed by atoms with Gasteiger partial charge in [-0.15, -0.1) is 0 Å². The van der Waals surface area contributed by atoms with Gasteiger partial charge in [-0.05, 0) is 50.7 Å². The molecule has 2 aromatic rings. The molecule has 0 saturated heterocycles. The lowest BCUT2D eigenvalue weighted by Gasteiger charge is -2.34. The van der Waals surface area contributed by atoms with E-state index in [1.165, 1.54) is 6.42 Å². The molecule has 2 heterocycles. The fourth-order valence-corrected chi connectivity index (χ4v) is 4.85. The molecule has 156 valence electrons. The van der Waals surface area contributed by atoms with Gasteiger partial charge in [0.1, 0.15) is 16.9 Å². The highest BCUT2D eigenvalue weighted by molar-refractivity contribution is 6.13. The number of furan rings is 1. The van der Waals surface area contributed by atoms with Crippen LogP contribution in [0.4, 0.5) is 0 Å². The van der Waals surface area contributed by atoms with E-state index in [0.717, 1.165) is 19.3 Å². The maximum Gasteiger partial charge on any atom is 0.287 e. The number of Topliss-reactive ketones (excluding diaryl/α,β-unsaturated/α-hetero) is 1. The van der Waals surface area contributed by atoms with Gasteiger partial charge in [0.05, 0.1) is 12.0 Å². The number of benzene rings is 1. The van der Waals surface area contributed by atoms with Crippen LogP contribution in [0.3, 0.4) is 0 Å². The van der Waals surface area contributed by atoms with Crippen LogP contribution < -0.4 is 10.1 Å². The topological polar surface area (TPSA) is 68.5 Å². The number of aryl methyl sites for hydroxylation is 1. The van der Waals surface area contributed by atoms with Crippen molar-refractivity contribution in [3.63, 3.8) is 0 Å². The van der Waals surface area contributed by atoms with Gasteiger partial charge in [-0.25, -0.2) is 0 Å². The minimum atomic E-state index is -0.483. The van der Waals surface area contributed by atoms with Gasteiger partial charge in [0.15, 0.2) is 11.5 Å². The molecule has 4 rings (SSSR count). The van der Waals surface area contributed by atoms with Crippen LogP contribution in [0.2, 0.25) is 0 Å². The van der Waals surface area contributed by atoms with Crippen LogP contribution in [0.25, 0.3) is 11.0 Å². The fourth-order valence-electron chi connectivity index (χ4n) is 4.85. The van der Waals surface area contributed by atoms with Crippen LogP contribution >= 0.6 is 0 Å². The standard InChI is InChI=1S/C24H31NO4/c1-6-24(5)12-17(26)21-19(29-24)11-10-18-20(21)15(4)22(28-18)23(27)25-16-9-7-8-13(2)14(16)3/h10-11,13-14,16H,6-9,12H2,1-5H3,(H,25,27). The zero-order valence-corrected chi connectivity index (χ0v) is 18.1. The predicted octanol–water partition coefficient (Wildman–Crippen LogP) is 5.43. The number of nitrogens with one attached hydrogen (secondary N) is 1. The van der Waals surface area contributed by atoms with Crippen molar-refractivity contribution >= 4 is 22.7 Å². The fraction of sp³-hybridized carbons (Fsp3) is 0.583. The van der Waals surface area contributed by atoms with Gasteiger partial charge in [-0.1, -0.05) is 33.6 Å². The zero-order chi connectivity index (χ0) is 20.9. The second-order valence-electron chi connectivity index (χ2n) is 9.22. The smallest absolute Gasteiger partial charge is 0.287 e. The lowest BCUT2D eigenvalue weighted by atomic mass is 9.78. The summed E-state index contributed by atoms with van der Waals surface area (Å²) in [5.74, 6) is 1.78. The first-order chi connectivity index (χ1) is 13.7. The van der Waals surface area contributed by atoms with Crippen molar-refractivity contribution in [3.8, 4) is 5.75 Å². The van der Waals surface area contributed by atoms with Crippen molar-refractivity contribution in [3.05, 3.63) is 29.0 Å². The molecule has 1 amide bonds. The Morgan fingerprint density at radius 1 is 1.28 bits per heavy atom. The highest BCUT2D eigenvalue weighted by Crippen LogP contribution is 2.41. The molecule has 0 spiro atoms. The lowest BCUT2D eigenvalue weighted by Crippen LogP contribution is -2.43. The molecule has 1 saturated carbocycles. The average molecular weight is 398 g/mol. The second-order valence-corrected chi connectivity index (χ2v) is 9.22. The van der Waals surface area contributed by atoms with Crippen molar-refractivity contribution in [2.75, 3.05) is 0 Å². The van der Waals surface area contributed by atoms with E-state index in [2.05, 4.69) is 19.2 Å². The molecule has 1 aromatic heterocycles. The van der Waals surface area contributed by atoms with Crippen LogP contribution in [0, 0.1) is 18.8 Å². The molecule has 0 bridgehead atoms. The highest BCUT2D eigenvalue weighted by atomic mass is 16.5. The van der Waals surface area contributed by atoms with Crippen molar-refractivity contribution in [2.45, 2.75) is 78.4 Å². The predicted molar refractivity (Wildman–Crippen MR) is 113 cm³/mol. The molecule has 2 aliphatic rings. The third kappa shape index (κ3) is 3.34. The van der Waals surface area contributed by atoms with E-state index in [1.54, 1.807) is 12.1 Å². The number of fused-ring (bicyclic) bond motifs is 3. The SMILES string of the molecule is CCC1(C)CC(=O)c2c(ccc3oc(C(=O)NC4CCCC(C)C4C)c(C)c23)O1. The number of hydrogen-bond acceptors (Lipinski definition) is 4. The monoisotopic (exact) mass is 397 g/mol. The molecule has 1 aromatic carbocycles. The van der Waals surface area contributed by atoms with E-state index < -0.39 is 5.60 Å². The normalized spacial score (nSPS) is 29.4. The van der Waals surface area contributed by atoms with Gasteiger partial charge in [0.25, 0.3) is 5.91 Å². The first kappa shape index (κ1) is 20.0. The molecule has 5 nitrogen and oxygen atoms in total. The Morgan fingerprint density at radius 3 is 2.76 bits per heavy atom. The molecule has 1 aliphatic carbocycles. The summed E-state index contributed by atoms with van der Waals surface area (Å²) in [7, 11) is 0. The molecular weight excluding hydrogens is 366 g/mol. The van der Waals surface area contributed by atoms with E-state index in [1.807, 2.05) is 20.8 Å². The Hall–Kier alpha value is -2.30. The largest absolute Gasteiger partial charge is 0.486 e. The van der Waals surface area contributed by atoms with Crippen LogP contribution in [-0.4, -0.2) is 23.3 Å². The van der Waals surface area contributed by atoms with Crippen LogP contribution in [0.1, 0.15) is 86.3 Å². The first-order valence-electron chi connectivity index (χ1n) is 10.8. The molecule has 5 heteroatoms. The highest BCUT2D eigenvalue weighted by Gasteiger charge is 2.38. The van der Waals surface area contributed by atoms with Gasteiger partial charge < -0.3 is 14.5 Å². The Morgan fingerprint density at radius 2 is 2.03 bits per heavy atom. The first-order valence-corrected chi connectivity index (χ1v) is 10.8. The molecule has 0 radical (unpaired) electrons. The Balaban J connectivity index is 1.69. The quantitative estimate of drug-likeness (QED) is 0.750. The van der Waals surface area contributed by atoms with Crippen LogP contribution in [0.15, 0.2) is 16.5 Å². The minimum Gasteiger partial charge on any atom is -0.486 e. The summed E-state index contributed by atoms with van der Waals surface area (Å²) in [4.78, 5) is 26.0. The number of rotatable bonds is 3. The summed E-state index contributed by atoms with van der Waals surface area (Å²) in [5, 5.41) is 3.89. The van der Waals surface area contributed by atoms with E-state index >= 15 is 0 Å². The van der Waals surface area contributed by atoms with Crippen molar-refractivity contribution in [1.82, 2.24) is 5.32 Å². The zero-order valence-electron chi connectivity index (χ0n) is 18.1. The van der Waals surface area contributed by atoms with Gasteiger partial charge >= 0.3 is 0 Å². The number of ether oxygens (including phenoxy) is 1. The van der Waals surface area contributed by atoms with Crippen molar-refractivity contribution in [1.29, 1.82) is 0 Å². The van der Waals surface area contributed by atoms with Gasteiger partial charge in [-0.3, -0.25) is 9.59 Å². The maximum absolute atomic E-state index is 13.0. The van der Waals surface area contributed by atoms with E-state index in [0.29, 0.717) is 51.9 Å². The van der Waals surface area contributed by atoms with Crippen LogP contribution in [0.5, 0.6) is 5.75 Å². The number of amides is 1. The van der Waals surface area contributed by atoms with E-state index in [4.69, 9.17) is 9.15 Å². The summed E-state index contributed by atoms with van der Waals surface area (Å²) < 4.78 is 12.1. The molecular formula is C24H31NO4. The molecule has 29 heavy (non-hydrogen) atoms. The van der Waals surface area contributed by atoms with Gasteiger partial charge in [-0.2, -0.15) is 0 Å². The Labute approximate surface area is 172 Å². The third-order valence-corrected chi connectivity index (χ3v) is 7.20. The molecule has 4 unspecified atom stereocenters. The summed E-state index contributed by atoms with van der Waals surface area (Å²) in [5.41, 5.74) is 1.34. The van der Waals surface area contributed by atoms with E-state index in [-0.39, 0.29) is 17.7 Å². The van der Waals surface area contributed by atoms with Gasteiger partial charge in [0, 0.05) is 17.0 Å². The van der Waals surface area contributed by atoms with Crippen molar-refractivity contribution < 1.29 is 18.7 Å². The molecule has 4 atom stereocenters. The van der Waals surface area contributed by atoms with Gasteiger partial charge in [0.2, 0.25) is 0 Å². The minimum absolute atomic E-state index is 0.0479. The van der Waals surface area contributed by atoms with Crippen molar-refractivity contribution in [2.24, 2.45) is 11.8 Å². The van der Waals surface area contributed by atoms with E-state index in [9.17, 15) is 9.59 Å². The summed E-state index contributed by atoms with van der Waals surface area (Å²) in [6, 6.07) is 3.75. The molecule has 1 fully saturated rings. The third-order valence-electron chi connectivity index (χ3n) is 7.20. The Bertz CT molecular complexity index is 975. The summed E-state index contributed by atoms with van der Waals surface area (Å²) >= 11 is 0. The van der Waals surface area contributed by atoms with Crippen LogP contribution in [-0.2, 0) is 0 Å². The number of carbonyl (C=O) groups is 2. The summed E-state index contributed by atoms with van der Waals surface area (Å²) in [6.45, 7) is 10.3. The second kappa shape index (κ2) is 7.19. The lowest BCUT2D eigenvalue weighted by molar-refractivity contribution is 0.0503. The molecule has 1 aliphatic heterocycles. The number of carbonyl (C=O) groups excluding carboxylic acids is 2.